The fraction of sp³-hybridized carbons (Fsp3) is 0.0217. The number of rotatable bonds is 5. The van der Waals surface area contributed by atoms with Crippen molar-refractivity contribution < 1.29 is 41.4 Å². The lowest BCUT2D eigenvalue weighted by atomic mass is 10.0. The molecule has 0 aliphatic carbocycles. The van der Waals surface area contributed by atoms with Crippen LogP contribution in [0.25, 0.3) is 94.7 Å². The Morgan fingerprint density at radius 1 is 0.431 bits per heavy atom. The Hall–Kier alpha value is -6.85. The summed E-state index contributed by atoms with van der Waals surface area (Å²) in [6.07, 6.45) is 0. The molecule has 3 heterocycles. The fourth-order valence-corrected chi connectivity index (χ4v) is 5.39. The topological polar surface area (TPSA) is 56.7 Å². The summed E-state index contributed by atoms with van der Waals surface area (Å²) in [5.41, 5.74) is -6.77. The van der Waals surface area contributed by atoms with E-state index in [1.165, 1.54) is 6.92 Å². The molecule has 0 amide bonds. The Labute approximate surface area is 332 Å². The van der Waals surface area contributed by atoms with E-state index in [4.69, 9.17) is 30.5 Å². The van der Waals surface area contributed by atoms with Gasteiger partial charge < -0.3 is 8.98 Å². The minimum atomic E-state index is -0.974. The molecule has 0 bridgehead atoms. The molecule has 240 valence electrons. The second-order valence-electron chi connectivity index (χ2n) is 10.8. The Morgan fingerprint density at radius 2 is 0.961 bits per heavy atom. The van der Waals surface area contributed by atoms with Gasteiger partial charge in [-0.15, -0.1) is 0 Å². The Bertz CT molecular complexity index is 4320. The summed E-state index contributed by atoms with van der Waals surface area (Å²) < 4.78 is 246. The van der Waals surface area contributed by atoms with Gasteiger partial charge in [0.05, 0.1) is 48.0 Å². The van der Waals surface area contributed by atoms with Crippen molar-refractivity contribution in [1.82, 2.24) is 19.5 Å². The van der Waals surface area contributed by atoms with E-state index >= 15 is 0 Å². The van der Waals surface area contributed by atoms with Gasteiger partial charge in [-0.1, -0.05) is 126 Å². The van der Waals surface area contributed by atoms with E-state index in [0.29, 0.717) is 0 Å². The lowest BCUT2D eigenvalue weighted by Crippen LogP contribution is -2.00. The second kappa shape index (κ2) is 11.6. The number of aromatic nitrogens is 4. The van der Waals surface area contributed by atoms with Gasteiger partial charge in [-0.05, 0) is 54.3 Å². The molecule has 5 nitrogen and oxygen atoms in total. The van der Waals surface area contributed by atoms with Crippen LogP contribution in [0.2, 0.25) is 0 Å². The SMILES string of the molecule is [2H]c1c([2H])c([2H])c(-c2nc(-c3c([2H])c([2H])c([2H])c([2H])c3[2H])nc(-c3c([2H])c([2H])c4c5c([2H])c([2H])c([2H])c([2H])c5n(-c5c([2H])c([2H])c6c(oc7c([2H])c(-c8c([2H])c([2H])c(C)c([2H])c8[2H])c([2H])c([2H])c76)c5[2H])c4c3[2H])n2)c([2H])c1[2H]. The monoisotopic (exact) mass is 681 g/mol. The van der Waals surface area contributed by atoms with Crippen molar-refractivity contribution >= 4 is 43.7 Å². The maximum Gasteiger partial charge on any atom is 0.164 e. The number of para-hydroxylation sites is 1. The van der Waals surface area contributed by atoms with Gasteiger partial charge in [-0.2, -0.15) is 0 Å². The summed E-state index contributed by atoms with van der Waals surface area (Å²) in [7, 11) is 0. The van der Waals surface area contributed by atoms with Crippen LogP contribution in [0.15, 0.2) is 168 Å². The van der Waals surface area contributed by atoms with Gasteiger partial charge in [0.1, 0.15) is 11.2 Å². The number of fused-ring (bicyclic) bond motifs is 6. The van der Waals surface area contributed by atoms with Crippen LogP contribution >= 0.6 is 0 Å². The summed E-state index contributed by atoms with van der Waals surface area (Å²) in [4.78, 5) is 12.8. The Morgan fingerprint density at radius 3 is 1.67 bits per heavy atom. The van der Waals surface area contributed by atoms with Crippen LogP contribution in [0, 0.1) is 6.92 Å². The lowest BCUT2D eigenvalue weighted by Gasteiger charge is -2.10. The third-order valence-electron chi connectivity index (χ3n) is 7.68. The van der Waals surface area contributed by atoms with E-state index in [1.54, 1.807) is 0 Å². The maximum atomic E-state index is 9.93. The molecule has 10 rings (SSSR count). The first-order valence-electron chi connectivity index (χ1n) is 28.4. The highest BCUT2D eigenvalue weighted by molar-refractivity contribution is 6.11. The van der Waals surface area contributed by atoms with Gasteiger partial charge in [-0.25, -0.2) is 15.0 Å². The Kier molecular flexibility index (Phi) is 2.92. The van der Waals surface area contributed by atoms with Crippen molar-refractivity contribution in [2.45, 2.75) is 6.92 Å². The molecular formula is C46H30N4O. The molecule has 0 radical (unpaired) electrons. The minimum Gasteiger partial charge on any atom is -0.456 e. The van der Waals surface area contributed by atoms with Gasteiger partial charge in [0, 0.05) is 50.0 Å². The molecule has 3 aromatic heterocycles. The molecule has 51 heavy (non-hydrogen) atoms. The van der Waals surface area contributed by atoms with Crippen molar-refractivity contribution in [3.05, 3.63) is 169 Å². The van der Waals surface area contributed by atoms with Crippen LogP contribution < -0.4 is 0 Å². The highest BCUT2D eigenvalue weighted by atomic mass is 16.3. The molecule has 0 aliphatic rings. The van der Waals surface area contributed by atoms with Crippen molar-refractivity contribution in [1.29, 1.82) is 0 Å². The largest absolute Gasteiger partial charge is 0.456 e. The van der Waals surface area contributed by atoms with E-state index in [1.807, 2.05) is 0 Å². The highest BCUT2D eigenvalue weighted by Crippen LogP contribution is 2.38. The number of hydrogen-bond donors (Lipinski definition) is 0. The maximum absolute atomic E-state index is 9.93. The first-order chi connectivity index (χ1) is 36.4. The predicted octanol–water partition coefficient (Wildman–Crippen LogP) is 11.8. The zero-order valence-electron chi connectivity index (χ0n) is 52.7. The van der Waals surface area contributed by atoms with Crippen molar-refractivity contribution in [3.8, 4) is 51.0 Å². The quantitative estimate of drug-likeness (QED) is 0.181. The van der Waals surface area contributed by atoms with Crippen molar-refractivity contribution in [3.63, 3.8) is 0 Å². The predicted molar refractivity (Wildman–Crippen MR) is 208 cm³/mol. The van der Waals surface area contributed by atoms with Crippen LogP contribution in [0.3, 0.4) is 0 Å². The van der Waals surface area contributed by atoms with Gasteiger partial charge in [0.25, 0.3) is 0 Å². The molecule has 0 unspecified atom stereocenters. The first-order valence-corrected chi connectivity index (χ1v) is 14.9. The summed E-state index contributed by atoms with van der Waals surface area (Å²) in [5.74, 6) is -2.50. The summed E-state index contributed by atoms with van der Waals surface area (Å²) in [6, 6.07) is -22.6. The van der Waals surface area contributed by atoms with Crippen LogP contribution in [-0.4, -0.2) is 19.5 Å². The van der Waals surface area contributed by atoms with Gasteiger partial charge in [-0.3, -0.25) is 0 Å². The normalized spacial score (nSPS) is 19.0. The van der Waals surface area contributed by atoms with E-state index < -0.39 is 258 Å². The average Bonchev–Trinajstić information content (AvgIpc) is 4.02. The third kappa shape index (κ3) is 4.98. The van der Waals surface area contributed by atoms with Gasteiger partial charge in [0.15, 0.2) is 17.5 Å². The molecular weight excluding hydrogens is 625 g/mol. The minimum absolute atomic E-state index is 0.0465. The van der Waals surface area contributed by atoms with Crippen LogP contribution in [0.1, 0.15) is 42.6 Å². The second-order valence-corrected chi connectivity index (χ2v) is 10.8. The number of furan rings is 1. The van der Waals surface area contributed by atoms with E-state index in [9.17, 15) is 11.0 Å². The molecule has 0 N–H and O–H groups in total. The molecule has 0 saturated carbocycles. The lowest BCUT2D eigenvalue weighted by molar-refractivity contribution is 0.669. The van der Waals surface area contributed by atoms with Crippen LogP contribution in [0.4, 0.5) is 0 Å². The molecule has 0 spiro atoms. The molecule has 0 aliphatic heterocycles. The summed E-state index contributed by atoms with van der Waals surface area (Å²) >= 11 is 0. The zero-order valence-corrected chi connectivity index (χ0v) is 25.7. The first kappa shape index (κ1) is 12.8. The average molecular weight is 682 g/mol. The van der Waals surface area contributed by atoms with E-state index in [0.717, 1.165) is 4.57 Å². The van der Waals surface area contributed by atoms with Crippen molar-refractivity contribution in [2.24, 2.45) is 0 Å². The van der Waals surface area contributed by atoms with E-state index in [-0.39, 0.29) is 5.56 Å². The number of hydrogen-bond acceptors (Lipinski definition) is 4. The molecule has 0 saturated heterocycles. The molecule has 0 fully saturated rings. The van der Waals surface area contributed by atoms with Gasteiger partial charge >= 0.3 is 0 Å². The molecule has 10 aromatic rings. The van der Waals surface area contributed by atoms with Crippen LogP contribution in [-0.2, 0) is 0 Å². The molecule has 7 aromatic carbocycles. The standard InChI is InChI=1S/C46H30N4O/c1-29-16-18-30(19-17-29)33-20-24-38-39-25-22-35(28-43(39)51-42(38)27-33)50-40-15-9-8-14-36(40)37-23-21-34(26-41(37)50)46-48-44(31-10-4-2-5-11-31)47-45(49-46)32-12-6-3-7-13-32/h2-28H,1H3/i2D,3D,4D,5D,6D,7D,8D,9D,10D,11D,12D,13D,14D,15D,16D,17D,18D,19D,20D,21D,22D,23D,24D,25D,26D,27D,28D. The molecule has 0 atom stereocenters. The van der Waals surface area contributed by atoms with Crippen LogP contribution in [0.5, 0.6) is 0 Å². The highest BCUT2D eigenvalue weighted by Gasteiger charge is 2.18. The number of nitrogens with zero attached hydrogens (tertiary/aromatic N) is 4. The zero-order chi connectivity index (χ0) is 57.4. The van der Waals surface area contributed by atoms with Gasteiger partial charge in [0.2, 0.25) is 0 Å². The summed E-state index contributed by atoms with van der Waals surface area (Å²) in [5, 5.41) is -2.05. The smallest absolute Gasteiger partial charge is 0.164 e. The fourth-order valence-electron chi connectivity index (χ4n) is 5.39. The number of benzene rings is 7. The summed E-state index contributed by atoms with van der Waals surface area (Å²) in [6.45, 7) is 1.33. The Balaban J connectivity index is 1.38. The molecule has 5 heteroatoms. The van der Waals surface area contributed by atoms with E-state index in [2.05, 4.69) is 15.0 Å². The third-order valence-corrected chi connectivity index (χ3v) is 7.68. The van der Waals surface area contributed by atoms with Crippen molar-refractivity contribution in [2.75, 3.05) is 0 Å².